The maximum Gasteiger partial charge on any atom is 0.0814 e. The Morgan fingerprint density at radius 2 is 2.00 bits per heavy atom. The van der Waals surface area contributed by atoms with Crippen LogP contribution in [0.5, 0.6) is 0 Å². The van der Waals surface area contributed by atoms with Crippen LogP contribution in [0.4, 0.5) is 0 Å². The van der Waals surface area contributed by atoms with Crippen LogP contribution in [0.25, 0.3) is 0 Å². The van der Waals surface area contributed by atoms with Crippen molar-refractivity contribution in [2.45, 2.75) is 6.10 Å². The van der Waals surface area contributed by atoms with E-state index >= 15 is 0 Å². The third kappa shape index (κ3) is 2.34. The Balaban J connectivity index is 2.24. The summed E-state index contributed by atoms with van der Waals surface area (Å²) < 4.78 is 0. The lowest BCUT2D eigenvalue weighted by atomic mass is 10.1. The number of aliphatic hydroxyl groups excluding tert-OH is 2. The number of hydrogen-bond donors (Lipinski definition) is 2. The van der Waals surface area contributed by atoms with Crippen molar-refractivity contribution < 1.29 is 10.2 Å². The predicted molar refractivity (Wildman–Crippen MR) is 46.4 cm³/mol. The van der Waals surface area contributed by atoms with Gasteiger partial charge in [0, 0.05) is 22.5 Å². The number of aliphatic hydroxyl groups is 2. The van der Waals surface area contributed by atoms with Gasteiger partial charge in [-0.25, -0.2) is 0 Å². The zero-order valence-corrected chi connectivity index (χ0v) is 7.33. The minimum Gasteiger partial charge on any atom is -0.394 e. The van der Waals surface area contributed by atoms with Gasteiger partial charge in [-0.2, -0.15) is 23.5 Å². The molecule has 1 heterocycles. The highest BCUT2D eigenvalue weighted by Crippen LogP contribution is 2.27. The summed E-state index contributed by atoms with van der Waals surface area (Å²) in [5, 5.41) is 19.0. The summed E-state index contributed by atoms with van der Waals surface area (Å²) in [5.41, 5.74) is 0. The summed E-state index contributed by atoms with van der Waals surface area (Å²) in [5.74, 6) is 2.29. The third-order valence-corrected chi connectivity index (χ3v) is 4.22. The molecule has 60 valence electrons. The second-order valence-electron chi connectivity index (χ2n) is 2.37. The van der Waals surface area contributed by atoms with Gasteiger partial charge in [0.05, 0.1) is 12.7 Å². The largest absolute Gasteiger partial charge is 0.394 e. The van der Waals surface area contributed by atoms with Crippen LogP contribution in [0.3, 0.4) is 0 Å². The molecular weight excluding hydrogens is 168 g/mol. The molecule has 1 aliphatic rings. The maximum atomic E-state index is 9.21. The van der Waals surface area contributed by atoms with E-state index in [-0.39, 0.29) is 6.61 Å². The Morgan fingerprint density at radius 3 is 2.50 bits per heavy atom. The Hall–Kier alpha value is 0.620. The van der Waals surface area contributed by atoms with Crippen molar-refractivity contribution in [3.8, 4) is 0 Å². The fraction of sp³-hybridized carbons (Fsp3) is 1.00. The standard InChI is InChI=1S/C6H12O2S2/c7-1-6(8)5-2-9-4-10-3-5/h5-8H,1-4H2. The number of hydrogen-bond acceptors (Lipinski definition) is 4. The van der Waals surface area contributed by atoms with Crippen LogP contribution >= 0.6 is 23.5 Å². The summed E-state index contributed by atoms with van der Waals surface area (Å²) in [7, 11) is 0. The van der Waals surface area contributed by atoms with E-state index in [0.29, 0.717) is 5.92 Å². The SMILES string of the molecule is OCC(O)C1CSCSC1. The highest BCUT2D eigenvalue weighted by atomic mass is 32.2. The summed E-state index contributed by atoms with van der Waals surface area (Å²) in [6, 6.07) is 0. The maximum absolute atomic E-state index is 9.21. The van der Waals surface area contributed by atoms with Crippen LogP contribution in [0.1, 0.15) is 0 Å². The Morgan fingerprint density at radius 1 is 1.40 bits per heavy atom. The molecule has 0 amide bonds. The van der Waals surface area contributed by atoms with Gasteiger partial charge >= 0.3 is 0 Å². The van der Waals surface area contributed by atoms with Crippen molar-refractivity contribution in [2.24, 2.45) is 5.92 Å². The highest BCUT2D eigenvalue weighted by molar-refractivity contribution is 8.16. The fourth-order valence-corrected chi connectivity index (χ4v) is 3.55. The lowest BCUT2D eigenvalue weighted by Gasteiger charge is -2.24. The molecule has 0 aromatic heterocycles. The second-order valence-corrected chi connectivity index (χ2v) is 4.80. The van der Waals surface area contributed by atoms with Crippen molar-refractivity contribution in [1.29, 1.82) is 0 Å². The lowest BCUT2D eigenvalue weighted by Crippen LogP contribution is -2.29. The molecule has 1 aliphatic heterocycles. The van der Waals surface area contributed by atoms with E-state index in [9.17, 15) is 5.11 Å². The van der Waals surface area contributed by atoms with Gasteiger partial charge in [-0.15, -0.1) is 0 Å². The topological polar surface area (TPSA) is 40.5 Å². The van der Waals surface area contributed by atoms with Gasteiger partial charge in [0.15, 0.2) is 0 Å². The Labute approximate surface area is 69.4 Å². The zero-order valence-electron chi connectivity index (χ0n) is 5.69. The molecule has 0 aromatic carbocycles. The molecule has 1 atom stereocenters. The highest BCUT2D eigenvalue weighted by Gasteiger charge is 2.21. The van der Waals surface area contributed by atoms with Crippen molar-refractivity contribution in [1.82, 2.24) is 0 Å². The molecule has 1 fully saturated rings. The van der Waals surface area contributed by atoms with Gasteiger partial charge in [0.25, 0.3) is 0 Å². The van der Waals surface area contributed by atoms with Crippen LogP contribution in [-0.4, -0.2) is 39.5 Å². The fourth-order valence-electron chi connectivity index (χ4n) is 0.877. The van der Waals surface area contributed by atoms with Gasteiger partial charge in [-0.05, 0) is 0 Å². The molecule has 1 saturated heterocycles. The van der Waals surface area contributed by atoms with Crippen LogP contribution in [0.2, 0.25) is 0 Å². The molecule has 0 aliphatic carbocycles. The van der Waals surface area contributed by atoms with Gasteiger partial charge in [-0.1, -0.05) is 0 Å². The van der Waals surface area contributed by atoms with Crippen molar-refractivity contribution >= 4 is 23.5 Å². The summed E-state index contributed by atoms with van der Waals surface area (Å²) in [4.78, 5) is 0. The molecule has 2 N–H and O–H groups in total. The first kappa shape index (κ1) is 8.71. The zero-order chi connectivity index (χ0) is 7.40. The van der Waals surface area contributed by atoms with Crippen molar-refractivity contribution in [3.05, 3.63) is 0 Å². The summed E-state index contributed by atoms with van der Waals surface area (Å²) in [6.45, 7) is -0.0915. The first-order valence-corrected chi connectivity index (χ1v) is 5.60. The molecule has 1 unspecified atom stereocenters. The first-order chi connectivity index (χ1) is 4.84. The van der Waals surface area contributed by atoms with Gasteiger partial charge in [0.2, 0.25) is 0 Å². The van der Waals surface area contributed by atoms with Gasteiger partial charge < -0.3 is 10.2 Å². The van der Waals surface area contributed by atoms with E-state index in [1.165, 1.54) is 0 Å². The quantitative estimate of drug-likeness (QED) is 0.645. The second kappa shape index (κ2) is 4.49. The molecule has 4 heteroatoms. The summed E-state index contributed by atoms with van der Waals surface area (Å²) >= 11 is 3.68. The smallest absolute Gasteiger partial charge is 0.0814 e. The minimum atomic E-state index is -0.500. The first-order valence-electron chi connectivity index (χ1n) is 3.29. The average molecular weight is 180 g/mol. The molecule has 0 radical (unpaired) electrons. The van der Waals surface area contributed by atoms with Crippen LogP contribution < -0.4 is 0 Å². The van der Waals surface area contributed by atoms with Gasteiger partial charge in [0.1, 0.15) is 0 Å². The number of thioether (sulfide) groups is 2. The Kier molecular flexibility index (Phi) is 3.91. The molecule has 1 rings (SSSR count). The van der Waals surface area contributed by atoms with E-state index in [0.717, 1.165) is 16.6 Å². The van der Waals surface area contributed by atoms with Crippen molar-refractivity contribution in [2.75, 3.05) is 23.2 Å². The number of rotatable bonds is 2. The van der Waals surface area contributed by atoms with E-state index in [1.54, 1.807) is 0 Å². The third-order valence-electron chi connectivity index (χ3n) is 1.56. The van der Waals surface area contributed by atoms with E-state index in [4.69, 9.17) is 5.11 Å². The molecule has 0 aromatic rings. The predicted octanol–water partition coefficient (Wildman–Crippen LogP) is 0.393. The lowest BCUT2D eigenvalue weighted by molar-refractivity contribution is 0.0625. The molecule has 0 bridgehead atoms. The Bertz CT molecular complexity index is 93.7. The van der Waals surface area contributed by atoms with E-state index in [1.807, 2.05) is 23.5 Å². The van der Waals surface area contributed by atoms with E-state index in [2.05, 4.69) is 0 Å². The monoisotopic (exact) mass is 180 g/mol. The molecular formula is C6H12O2S2. The normalized spacial score (nSPS) is 24.6. The molecule has 10 heavy (non-hydrogen) atoms. The molecule has 0 saturated carbocycles. The van der Waals surface area contributed by atoms with Crippen molar-refractivity contribution in [3.63, 3.8) is 0 Å². The molecule has 2 nitrogen and oxygen atoms in total. The van der Waals surface area contributed by atoms with Crippen LogP contribution in [-0.2, 0) is 0 Å². The van der Waals surface area contributed by atoms with E-state index < -0.39 is 6.10 Å². The summed E-state index contributed by atoms with van der Waals surface area (Å²) in [6.07, 6.45) is -0.500. The minimum absolute atomic E-state index is 0.0915. The molecule has 0 spiro atoms. The average Bonchev–Trinajstić information content (AvgIpc) is 2.05. The van der Waals surface area contributed by atoms with Gasteiger partial charge in [-0.3, -0.25) is 0 Å². The van der Waals surface area contributed by atoms with Crippen LogP contribution in [0.15, 0.2) is 0 Å². The van der Waals surface area contributed by atoms with Crippen LogP contribution in [0, 0.1) is 5.92 Å².